The fourth-order valence-electron chi connectivity index (χ4n) is 1.99. The van der Waals surface area contributed by atoms with Crippen LogP contribution in [0.25, 0.3) is 0 Å². The summed E-state index contributed by atoms with van der Waals surface area (Å²) in [5.41, 5.74) is 2.19. The number of hydrogen-bond donors (Lipinski definition) is 0. The van der Waals surface area contributed by atoms with Crippen LogP contribution < -0.4 is 0 Å². The molecule has 0 saturated heterocycles. The molecule has 0 bridgehead atoms. The number of hydroxylamine groups is 2. The van der Waals surface area contributed by atoms with Gasteiger partial charge in [0.1, 0.15) is 0 Å². The zero-order valence-corrected chi connectivity index (χ0v) is 13.6. The van der Waals surface area contributed by atoms with E-state index in [4.69, 9.17) is 21.3 Å². The van der Waals surface area contributed by atoms with Crippen LogP contribution in [0.5, 0.6) is 0 Å². The molecule has 1 atom stereocenters. The van der Waals surface area contributed by atoms with Crippen LogP contribution in [0.1, 0.15) is 24.5 Å². The molecule has 0 saturated carbocycles. The largest absolute Gasteiger partial charge is 0.269 e. The van der Waals surface area contributed by atoms with Crippen LogP contribution in [0.15, 0.2) is 60.7 Å². The van der Waals surface area contributed by atoms with E-state index in [-0.39, 0.29) is 6.04 Å². The predicted octanol–water partition coefficient (Wildman–Crippen LogP) is 4.57. The molecule has 2 aromatic carbocycles. The van der Waals surface area contributed by atoms with E-state index < -0.39 is 0 Å². The molecule has 3 nitrogen and oxygen atoms in total. The highest BCUT2D eigenvalue weighted by molar-refractivity contribution is 6.18. The van der Waals surface area contributed by atoms with E-state index in [2.05, 4.69) is 6.92 Å². The summed E-state index contributed by atoms with van der Waals surface area (Å²) in [5, 5.41) is 1.55. The van der Waals surface area contributed by atoms with Crippen molar-refractivity contribution in [1.29, 1.82) is 0 Å². The highest BCUT2D eigenvalue weighted by Gasteiger charge is 2.18. The molecule has 0 N–H and O–H groups in total. The van der Waals surface area contributed by atoms with E-state index >= 15 is 0 Å². The minimum atomic E-state index is 0.0223. The second-order valence-electron chi connectivity index (χ2n) is 5.02. The van der Waals surface area contributed by atoms with E-state index in [1.807, 2.05) is 60.7 Å². The Morgan fingerprint density at radius 1 is 0.864 bits per heavy atom. The van der Waals surface area contributed by atoms with Gasteiger partial charge in [0.15, 0.2) is 0 Å². The molecule has 4 heteroatoms. The third-order valence-electron chi connectivity index (χ3n) is 3.35. The number of alkyl halides is 1. The summed E-state index contributed by atoms with van der Waals surface area (Å²) >= 11 is 6.02. The van der Waals surface area contributed by atoms with Gasteiger partial charge in [-0.15, -0.1) is 11.6 Å². The van der Waals surface area contributed by atoms with Crippen molar-refractivity contribution in [2.75, 3.05) is 5.88 Å². The van der Waals surface area contributed by atoms with Gasteiger partial charge in [0.05, 0.1) is 19.3 Å². The third kappa shape index (κ3) is 5.43. The first kappa shape index (κ1) is 17.0. The number of nitrogens with zero attached hydrogens (tertiary/aromatic N) is 1. The summed E-state index contributed by atoms with van der Waals surface area (Å²) in [7, 11) is 0. The van der Waals surface area contributed by atoms with Crippen LogP contribution in [0, 0.1) is 0 Å². The van der Waals surface area contributed by atoms with E-state index in [9.17, 15) is 0 Å². The number of hydrogen-bond acceptors (Lipinski definition) is 3. The maximum absolute atomic E-state index is 6.02. The Morgan fingerprint density at radius 2 is 1.32 bits per heavy atom. The topological polar surface area (TPSA) is 21.7 Å². The minimum Gasteiger partial charge on any atom is -0.269 e. The van der Waals surface area contributed by atoms with Crippen LogP contribution in [0.3, 0.4) is 0 Å². The maximum Gasteiger partial charge on any atom is 0.0962 e. The number of benzene rings is 2. The Kier molecular flexibility index (Phi) is 7.40. The molecular formula is C18H22ClNO2. The Morgan fingerprint density at radius 3 is 1.68 bits per heavy atom. The lowest BCUT2D eigenvalue weighted by Gasteiger charge is -2.27. The highest BCUT2D eigenvalue weighted by Crippen LogP contribution is 2.13. The van der Waals surface area contributed by atoms with Crippen LogP contribution in [-0.4, -0.2) is 17.1 Å². The average Bonchev–Trinajstić information content (AvgIpc) is 2.59. The van der Waals surface area contributed by atoms with Crippen molar-refractivity contribution < 1.29 is 9.68 Å². The molecule has 118 valence electrons. The van der Waals surface area contributed by atoms with Crippen molar-refractivity contribution in [3.8, 4) is 0 Å². The molecule has 0 fully saturated rings. The average molecular weight is 320 g/mol. The molecule has 22 heavy (non-hydrogen) atoms. The van der Waals surface area contributed by atoms with Crippen molar-refractivity contribution >= 4 is 11.6 Å². The number of halogens is 1. The second-order valence-corrected chi connectivity index (χ2v) is 5.33. The second kappa shape index (κ2) is 9.59. The van der Waals surface area contributed by atoms with Gasteiger partial charge in [-0.25, -0.2) is 0 Å². The molecule has 2 rings (SSSR count). The van der Waals surface area contributed by atoms with Crippen molar-refractivity contribution in [2.45, 2.75) is 32.6 Å². The van der Waals surface area contributed by atoms with Gasteiger partial charge in [0.2, 0.25) is 0 Å². The minimum absolute atomic E-state index is 0.0223. The van der Waals surface area contributed by atoms with Gasteiger partial charge in [-0.05, 0) is 17.5 Å². The van der Waals surface area contributed by atoms with Gasteiger partial charge >= 0.3 is 0 Å². The zero-order chi connectivity index (χ0) is 15.6. The summed E-state index contributed by atoms with van der Waals surface area (Å²) < 4.78 is 0. The first-order valence-electron chi connectivity index (χ1n) is 7.52. The fraction of sp³-hybridized carbons (Fsp3) is 0.333. The lowest BCUT2D eigenvalue weighted by Crippen LogP contribution is -2.36. The fourth-order valence-corrected chi connectivity index (χ4v) is 2.32. The normalized spacial score (nSPS) is 12.5. The molecule has 0 aromatic heterocycles. The molecule has 0 radical (unpaired) electrons. The Bertz CT molecular complexity index is 474. The molecular weight excluding hydrogens is 298 g/mol. The molecule has 0 amide bonds. The zero-order valence-electron chi connectivity index (χ0n) is 12.8. The van der Waals surface area contributed by atoms with E-state index in [1.165, 1.54) is 0 Å². The first-order valence-corrected chi connectivity index (χ1v) is 8.05. The van der Waals surface area contributed by atoms with Gasteiger partial charge < -0.3 is 0 Å². The number of rotatable bonds is 9. The Balaban J connectivity index is 1.93. The van der Waals surface area contributed by atoms with Crippen molar-refractivity contribution in [3.05, 3.63) is 71.8 Å². The molecule has 0 aliphatic carbocycles. The third-order valence-corrected chi connectivity index (χ3v) is 3.71. The predicted molar refractivity (Wildman–Crippen MR) is 89.1 cm³/mol. The first-order chi connectivity index (χ1) is 10.8. The molecule has 0 aliphatic rings. The summed E-state index contributed by atoms with van der Waals surface area (Å²) in [4.78, 5) is 11.6. The van der Waals surface area contributed by atoms with Crippen LogP contribution in [0.2, 0.25) is 0 Å². The summed E-state index contributed by atoms with van der Waals surface area (Å²) in [6.07, 6.45) is 0.854. The van der Waals surface area contributed by atoms with Crippen molar-refractivity contribution in [3.63, 3.8) is 0 Å². The maximum atomic E-state index is 6.02. The standard InChI is InChI=1S/C18H22ClNO2/c1-2-18(13-19)20(21-14-16-9-5-3-6-10-16)22-15-17-11-7-4-8-12-17/h3-12,18H,2,13-15H2,1H3. The van der Waals surface area contributed by atoms with Crippen molar-refractivity contribution in [1.82, 2.24) is 5.23 Å². The van der Waals surface area contributed by atoms with Crippen LogP contribution in [0.4, 0.5) is 0 Å². The van der Waals surface area contributed by atoms with Crippen LogP contribution >= 0.6 is 11.6 Å². The van der Waals surface area contributed by atoms with Gasteiger partial charge in [0, 0.05) is 5.88 Å². The SMILES string of the molecule is CCC(CCl)N(OCc1ccccc1)OCc1ccccc1. The lowest BCUT2D eigenvalue weighted by molar-refractivity contribution is -0.397. The van der Waals surface area contributed by atoms with Gasteiger partial charge in [-0.2, -0.15) is 0 Å². The molecule has 0 aliphatic heterocycles. The van der Waals surface area contributed by atoms with Gasteiger partial charge in [-0.1, -0.05) is 72.8 Å². The Hall–Kier alpha value is -1.39. The summed E-state index contributed by atoms with van der Waals surface area (Å²) in [6.45, 7) is 2.99. The smallest absolute Gasteiger partial charge is 0.0962 e. The molecule has 0 spiro atoms. The van der Waals surface area contributed by atoms with E-state index in [0.717, 1.165) is 17.5 Å². The van der Waals surface area contributed by atoms with E-state index in [1.54, 1.807) is 5.23 Å². The van der Waals surface area contributed by atoms with Gasteiger partial charge in [-0.3, -0.25) is 9.68 Å². The van der Waals surface area contributed by atoms with Crippen molar-refractivity contribution in [2.24, 2.45) is 0 Å². The Labute approximate surface area is 137 Å². The lowest BCUT2D eigenvalue weighted by atomic mass is 10.2. The summed E-state index contributed by atoms with van der Waals surface area (Å²) in [5.74, 6) is 0.458. The molecule has 1 unspecified atom stereocenters. The monoisotopic (exact) mass is 319 g/mol. The quantitative estimate of drug-likeness (QED) is 0.499. The van der Waals surface area contributed by atoms with Gasteiger partial charge in [0.25, 0.3) is 0 Å². The van der Waals surface area contributed by atoms with E-state index in [0.29, 0.717) is 19.1 Å². The summed E-state index contributed by atoms with van der Waals surface area (Å²) in [6, 6.07) is 20.1. The molecule has 2 aromatic rings. The molecule has 0 heterocycles. The highest BCUT2D eigenvalue weighted by atomic mass is 35.5. The van der Waals surface area contributed by atoms with Crippen LogP contribution in [-0.2, 0) is 22.9 Å².